The Hall–Kier alpha value is -1.80. The fourth-order valence-corrected chi connectivity index (χ4v) is 5.65. The molecule has 1 aromatic heterocycles. The van der Waals surface area contributed by atoms with E-state index in [1.165, 1.54) is 0 Å². The molecule has 3 aliphatic rings. The molecule has 6 nitrogen and oxygen atoms in total. The Morgan fingerprint density at radius 3 is 2.39 bits per heavy atom. The highest BCUT2D eigenvalue weighted by atomic mass is 19.3. The van der Waals surface area contributed by atoms with Crippen LogP contribution in [0, 0.1) is 6.92 Å². The van der Waals surface area contributed by atoms with Gasteiger partial charge in [-0.3, -0.25) is 14.8 Å². The number of halogens is 2. The molecule has 3 heterocycles. The second kappa shape index (κ2) is 10.2. The summed E-state index contributed by atoms with van der Waals surface area (Å²) in [6.07, 6.45) is 4.56. The number of urea groups is 1. The van der Waals surface area contributed by atoms with Crippen molar-refractivity contribution in [1.29, 1.82) is 0 Å². The van der Waals surface area contributed by atoms with Gasteiger partial charge in [0.25, 0.3) is 5.92 Å². The normalized spacial score (nSPS) is 27.6. The van der Waals surface area contributed by atoms with Crippen molar-refractivity contribution in [2.75, 3.05) is 39.3 Å². The molecule has 0 spiro atoms. The van der Waals surface area contributed by atoms with Crippen molar-refractivity contribution in [2.45, 2.75) is 82.8 Å². The average molecular weight is 464 g/mol. The average Bonchev–Trinajstić information content (AvgIpc) is 2.81. The largest absolute Gasteiger partial charge is 0.328 e. The number of piperidine rings is 1. The molecule has 2 atom stereocenters. The summed E-state index contributed by atoms with van der Waals surface area (Å²) < 4.78 is 30.1. The minimum absolute atomic E-state index is 0.151. The van der Waals surface area contributed by atoms with Crippen LogP contribution in [0.1, 0.15) is 63.1 Å². The molecule has 0 radical (unpaired) electrons. The second-order valence-electron chi connectivity index (χ2n) is 10.3. The van der Waals surface area contributed by atoms with Gasteiger partial charge in [0.15, 0.2) is 0 Å². The van der Waals surface area contributed by atoms with Crippen LogP contribution in [0.2, 0.25) is 0 Å². The number of rotatable bonds is 4. The van der Waals surface area contributed by atoms with Crippen molar-refractivity contribution >= 4 is 6.03 Å². The van der Waals surface area contributed by atoms with Crippen molar-refractivity contribution in [2.24, 2.45) is 0 Å². The molecule has 1 N–H and O–H groups in total. The van der Waals surface area contributed by atoms with Crippen molar-refractivity contribution in [3.05, 3.63) is 29.6 Å². The first-order valence-corrected chi connectivity index (χ1v) is 12.6. The van der Waals surface area contributed by atoms with E-state index in [9.17, 15) is 4.79 Å². The summed E-state index contributed by atoms with van der Waals surface area (Å²) in [7, 11) is 0. The third kappa shape index (κ3) is 5.65. The number of likely N-dealkylation sites (tertiary alicyclic amines) is 1. The van der Waals surface area contributed by atoms with Crippen molar-refractivity contribution in [1.82, 2.24) is 25.0 Å². The Bertz CT molecular complexity index is 786. The molecule has 1 saturated carbocycles. The first-order valence-electron chi connectivity index (χ1n) is 12.6. The van der Waals surface area contributed by atoms with Gasteiger partial charge in [-0.1, -0.05) is 6.07 Å². The number of carbonyl (C=O) groups excluding carboxylic acids is 1. The number of alkyl halides is 2. The van der Waals surface area contributed by atoms with Crippen LogP contribution in [0.4, 0.5) is 13.6 Å². The monoisotopic (exact) mass is 463 g/mol. The summed E-state index contributed by atoms with van der Waals surface area (Å²) >= 11 is 0. The predicted molar refractivity (Wildman–Crippen MR) is 126 cm³/mol. The third-order valence-electron chi connectivity index (χ3n) is 7.81. The maximum Gasteiger partial charge on any atom is 0.317 e. The lowest BCUT2D eigenvalue weighted by molar-refractivity contribution is -0.0973. The summed E-state index contributed by atoms with van der Waals surface area (Å²) in [6.45, 7) is 10.8. The van der Waals surface area contributed by atoms with Crippen LogP contribution in [0.15, 0.2) is 18.3 Å². The maximum atomic E-state index is 15.0. The summed E-state index contributed by atoms with van der Waals surface area (Å²) in [6, 6.07) is 2.81. The predicted octanol–water partition coefficient (Wildman–Crippen LogP) is 3.86. The summed E-state index contributed by atoms with van der Waals surface area (Å²) in [5.41, 5.74) is 2.18. The van der Waals surface area contributed by atoms with E-state index in [0.717, 1.165) is 50.3 Å². The molecule has 0 aromatic carbocycles. The highest BCUT2D eigenvalue weighted by Crippen LogP contribution is 2.37. The minimum Gasteiger partial charge on any atom is -0.328 e. The highest BCUT2D eigenvalue weighted by Gasteiger charge is 2.50. The Kier molecular flexibility index (Phi) is 7.53. The van der Waals surface area contributed by atoms with E-state index >= 15 is 8.78 Å². The van der Waals surface area contributed by atoms with Crippen LogP contribution in [-0.2, 0) is 0 Å². The lowest BCUT2D eigenvalue weighted by Gasteiger charge is -2.47. The number of hydrogen-bond donors (Lipinski definition) is 1. The fraction of sp³-hybridized carbons (Fsp3) is 0.760. The zero-order valence-corrected chi connectivity index (χ0v) is 20.3. The van der Waals surface area contributed by atoms with E-state index < -0.39 is 12.0 Å². The molecule has 1 unspecified atom stereocenters. The van der Waals surface area contributed by atoms with E-state index in [1.807, 2.05) is 13.1 Å². The Morgan fingerprint density at radius 2 is 1.79 bits per heavy atom. The standard InChI is InChI=1S/C25H39F2N5O/c1-18(2)30-13-15-31(16-14-30)22-5-4-10-25(26,27)23(22)29-24(33)32-11-8-20(9-12-32)21-7-6-19(3)17-28-21/h6-7,17-18,20,22-23H,4-5,8-16H2,1-3H3,(H,29,33)/t22-,23?/m0/s1. The van der Waals surface area contributed by atoms with E-state index in [1.54, 1.807) is 4.90 Å². The molecule has 1 aromatic rings. The molecular formula is C25H39F2N5O. The van der Waals surface area contributed by atoms with Gasteiger partial charge >= 0.3 is 6.03 Å². The van der Waals surface area contributed by atoms with E-state index in [2.05, 4.69) is 46.1 Å². The van der Waals surface area contributed by atoms with Gasteiger partial charge in [-0.2, -0.15) is 0 Å². The lowest BCUT2D eigenvalue weighted by Crippen LogP contribution is -2.66. The third-order valence-corrected chi connectivity index (χ3v) is 7.81. The van der Waals surface area contributed by atoms with Gasteiger partial charge in [0.1, 0.15) is 6.04 Å². The van der Waals surface area contributed by atoms with Gasteiger partial charge in [-0.05, 0) is 58.1 Å². The van der Waals surface area contributed by atoms with Crippen molar-refractivity contribution in [3.8, 4) is 0 Å². The van der Waals surface area contributed by atoms with Crippen LogP contribution in [0.25, 0.3) is 0 Å². The molecule has 2 aliphatic heterocycles. The lowest BCUT2D eigenvalue weighted by atomic mass is 9.85. The second-order valence-corrected chi connectivity index (χ2v) is 10.3. The van der Waals surface area contributed by atoms with Gasteiger partial charge in [0.2, 0.25) is 0 Å². The maximum absolute atomic E-state index is 15.0. The number of pyridine rings is 1. The minimum atomic E-state index is -2.88. The van der Waals surface area contributed by atoms with E-state index in [-0.39, 0.29) is 18.5 Å². The van der Waals surface area contributed by atoms with Crippen LogP contribution in [0.3, 0.4) is 0 Å². The zero-order valence-electron chi connectivity index (χ0n) is 20.3. The van der Waals surface area contributed by atoms with Gasteiger partial charge in [0, 0.05) is 75.6 Å². The summed E-state index contributed by atoms with van der Waals surface area (Å²) in [5.74, 6) is -2.56. The summed E-state index contributed by atoms with van der Waals surface area (Å²) in [5, 5.41) is 2.79. The quantitative estimate of drug-likeness (QED) is 0.737. The topological polar surface area (TPSA) is 51.7 Å². The first-order chi connectivity index (χ1) is 15.7. The van der Waals surface area contributed by atoms with Crippen LogP contribution in [-0.4, -0.2) is 89.0 Å². The number of nitrogens with zero attached hydrogens (tertiary/aromatic N) is 4. The van der Waals surface area contributed by atoms with Crippen LogP contribution < -0.4 is 5.32 Å². The van der Waals surface area contributed by atoms with Crippen LogP contribution >= 0.6 is 0 Å². The number of nitrogens with one attached hydrogen (secondary N) is 1. The zero-order chi connectivity index (χ0) is 23.6. The number of aryl methyl sites for hydroxylation is 1. The Balaban J connectivity index is 1.36. The molecule has 3 fully saturated rings. The van der Waals surface area contributed by atoms with Gasteiger partial charge in [-0.15, -0.1) is 0 Å². The first kappa shape index (κ1) is 24.3. The van der Waals surface area contributed by atoms with Gasteiger partial charge < -0.3 is 10.2 Å². The summed E-state index contributed by atoms with van der Waals surface area (Å²) in [4.78, 5) is 23.9. The number of amides is 2. The van der Waals surface area contributed by atoms with Crippen molar-refractivity contribution in [3.63, 3.8) is 0 Å². The van der Waals surface area contributed by atoms with E-state index in [0.29, 0.717) is 37.9 Å². The van der Waals surface area contributed by atoms with Gasteiger partial charge in [-0.25, -0.2) is 13.6 Å². The molecule has 4 rings (SSSR count). The fourth-order valence-electron chi connectivity index (χ4n) is 5.65. The van der Waals surface area contributed by atoms with E-state index in [4.69, 9.17) is 0 Å². The molecule has 184 valence electrons. The molecular weight excluding hydrogens is 424 g/mol. The molecule has 8 heteroatoms. The van der Waals surface area contributed by atoms with Gasteiger partial charge in [0.05, 0.1) is 0 Å². The smallest absolute Gasteiger partial charge is 0.317 e. The molecule has 0 bridgehead atoms. The SMILES string of the molecule is Cc1ccc(C2CCN(C(=O)NC3[C@@H](N4CCN(C(C)C)CC4)CCCC3(F)F)CC2)nc1. The Morgan fingerprint density at radius 1 is 1.09 bits per heavy atom. The number of carbonyl (C=O) groups is 1. The highest BCUT2D eigenvalue weighted by molar-refractivity contribution is 5.75. The Labute approximate surface area is 196 Å². The molecule has 2 amide bonds. The number of piperazine rings is 1. The van der Waals surface area contributed by atoms with Crippen molar-refractivity contribution < 1.29 is 13.6 Å². The molecule has 33 heavy (non-hydrogen) atoms. The number of hydrogen-bond acceptors (Lipinski definition) is 4. The molecule has 1 aliphatic carbocycles. The molecule has 2 saturated heterocycles. The van der Waals surface area contributed by atoms with Crippen LogP contribution in [0.5, 0.6) is 0 Å². The number of aromatic nitrogens is 1.